The molecule has 1 heterocycles. The molecule has 2 atom stereocenters. The zero-order valence-electron chi connectivity index (χ0n) is 13.4. The van der Waals surface area contributed by atoms with Crippen LogP contribution in [0.15, 0.2) is 12.3 Å². The van der Waals surface area contributed by atoms with Crippen LogP contribution in [0.1, 0.15) is 71.0 Å². The van der Waals surface area contributed by atoms with Crippen molar-refractivity contribution in [2.24, 2.45) is 5.92 Å². The third kappa shape index (κ3) is 4.34. The van der Waals surface area contributed by atoms with Crippen molar-refractivity contribution in [1.29, 1.82) is 0 Å². The van der Waals surface area contributed by atoms with E-state index in [0.717, 1.165) is 13.0 Å². The average Bonchev–Trinajstić information content (AvgIpc) is 2.94. The summed E-state index contributed by atoms with van der Waals surface area (Å²) in [6.07, 6.45) is 11.2. The second kappa shape index (κ2) is 7.82. The molecule has 1 aromatic heterocycles. The average molecular weight is 277 g/mol. The van der Waals surface area contributed by atoms with Crippen LogP contribution in [0.2, 0.25) is 0 Å². The van der Waals surface area contributed by atoms with Gasteiger partial charge in [0.2, 0.25) is 0 Å². The Labute approximate surface area is 124 Å². The second-order valence-corrected chi connectivity index (χ2v) is 6.50. The largest absolute Gasteiger partial charge is 0.314 e. The molecule has 1 N–H and O–H groups in total. The normalized spacial score (nSPS) is 19.9. The van der Waals surface area contributed by atoms with Crippen molar-refractivity contribution in [3.63, 3.8) is 0 Å². The minimum absolute atomic E-state index is 0.565. The first-order valence-electron chi connectivity index (χ1n) is 8.48. The van der Waals surface area contributed by atoms with Crippen molar-refractivity contribution < 1.29 is 0 Å². The van der Waals surface area contributed by atoms with Gasteiger partial charge in [-0.15, -0.1) is 0 Å². The molecule has 0 aliphatic heterocycles. The van der Waals surface area contributed by atoms with Gasteiger partial charge in [0.1, 0.15) is 0 Å². The van der Waals surface area contributed by atoms with Gasteiger partial charge in [-0.25, -0.2) is 0 Å². The Morgan fingerprint density at radius 1 is 1.30 bits per heavy atom. The van der Waals surface area contributed by atoms with Gasteiger partial charge >= 0.3 is 0 Å². The number of nitrogens with one attached hydrogen (secondary N) is 1. The van der Waals surface area contributed by atoms with E-state index in [1.807, 2.05) is 0 Å². The number of rotatable bonds is 7. The summed E-state index contributed by atoms with van der Waals surface area (Å²) in [6, 6.07) is 3.44. The first-order valence-corrected chi connectivity index (χ1v) is 8.48. The summed E-state index contributed by atoms with van der Waals surface area (Å²) in [5.74, 6) is 0.635. The highest BCUT2D eigenvalue weighted by atomic mass is 15.3. The molecule has 3 nitrogen and oxygen atoms in total. The maximum absolute atomic E-state index is 4.83. The molecule has 114 valence electrons. The first-order chi connectivity index (χ1) is 9.70. The molecule has 0 saturated heterocycles. The van der Waals surface area contributed by atoms with Crippen molar-refractivity contribution in [1.82, 2.24) is 15.1 Å². The fourth-order valence-electron chi connectivity index (χ4n) is 3.12. The van der Waals surface area contributed by atoms with Crippen LogP contribution in [0.5, 0.6) is 0 Å². The minimum Gasteiger partial charge on any atom is -0.314 e. The van der Waals surface area contributed by atoms with Crippen molar-refractivity contribution in [2.45, 2.75) is 77.8 Å². The highest BCUT2D eigenvalue weighted by molar-refractivity contribution is 5.02. The van der Waals surface area contributed by atoms with E-state index in [1.165, 1.54) is 44.2 Å². The molecule has 2 rings (SSSR count). The zero-order chi connectivity index (χ0) is 14.4. The summed E-state index contributed by atoms with van der Waals surface area (Å²) < 4.78 is 2.23. The van der Waals surface area contributed by atoms with Gasteiger partial charge in [0.05, 0.1) is 11.7 Å². The molecular weight excluding hydrogens is 246 g/mol. The number of aromatic nitrogens is 2. The van der Waals surface area contributed by atoms with Gasteiger partial charge in [-0.3, -0.25) is 4.68 Å². The molecule has 0 amide bonds. The Hall–Kier alpha value is -0.830. The van der Waals surface area contributed by atoms with Gasteiger partial charge < -0.3 is 5.32 Å². The van der Waals surface area contributed by atoms with Crippen LogP contribution in [0, 0.1) is 5.92 Å². The lowest BCUT2D eigenvalue weighted by atomic mass is 9.96. The van der Waals surface area contributed by atoms with E-state index in [0.29, 0.717) is 18.0 Å². The fraction of sp³-hybridized carbons (Fsp3) is 0.824. The van der Waals surface area contributed by atoms with E-state index in [4.69, 9.17) is 5.10 Å². The standard InChI is InChI=1S/C17H31N3/c1-4-11-18-15(3)14(2)13-16-10-12-20(19-16)17-8-6-5-7-9-17/h10,12,14-15,17-18H,4-9,11,13H2,1-3H3. The Kier molecular flexibility index (Phi) is 6.08. The summed E-state index contributed by atoms with van der Waals surface area (Å²) in [7, 11) is 0. The smallest absolute Gasteiger partial charge is 0.0627 e. The van der Waals surface area contributed by atoms with Gasteiger partial charge in [-0.2, -0.15) is 5.10 Å². The minimum atomic E-state index is 0.565. The van der Waals surface area contributed by atoms with Crippen molar-refractivity contribution in [2.75, 3.05) is 6.54 Å². The van der Waals surface area contributed by atoms with E-state index < -0.39 is 0 Å². The highest BCUT2D eigenvalue weighted by Gasteiger charge is 2.17. The third-order valence-electron chi connectivity index (χ3n) is 4.71. The molecule has 1 fully saturated rings. The summed E-state index contributed by atoms with van der Waals surface area (Å²) >= 11 is 0. The fourth-order valence-corrected chi connectivity index (χ4v) is 3.12. The maximum Gasteiger partial charge on any atom is 0.0627 e. The monoisotopic (exact) mass is 277 g/mol. The Morgan fingerprint density at radius 3 is 2.75 bits per heavy atom. The highest BCUT2D eigenvalue weighted by Crippen LogP contribution is 2.27. The van der Waals surface area contributed by atoms with Crippen LogP contribution >= 0.6 is 0 Å². The lowest BCUT2D eigenvalue weighted by Gasteiger charge is -2.22. The van der Waals surface area contributed by atoms with Crippen molar-refractivity contribution in [3.05, 3.63) is 18.0 Å². The van der Waals surface area contributed by atoms with Gasteiger partial charge in [-0.1, -0.05) is 33.1 Å². The van der Waals surface area contributed by atoms with E-state index >= 15 is 0 Å². The number of hydrogen-bond donors (Lipinski definition) is 1. The van der Waals surface area contributed by atoms with E-state index in [1.54, 1.807) is 0 Å². The van der Waals surface area contributed by atoms with E-state index in [-0.39, 0.29) is 0 Å². The molecule has 0 spiro atoms. The molecule has 0 radical (unpaired) electrons. The number of hydrogen-bond acceptors (Lipinski definition) is 2. The Balaban J connectivity index is 1.85. The topological polar surface area (TPSA) is 29.9 Å². The molecule has 1 aromatic rings. The second-order valence-electron chi connectivity index (χ2n) is 6.50. The molecule has 2 unspecified atom stereocenters. The van der Waals surface area contributed by atoms with Crippen LogP contribution in [-0.2, 0) is 6.42 Å². The van der Waals surface area contributed by atoms with Gasteiger partial charge in [0, 0.05) is 12.2 Å². The SMILES string of the molecule is CCCNC(C)C(C)Cc1ccn(C2CCCCC2)n1. The molecule has 1 saturated carbocycles. The number of nitrogens with zero attached hydrogens (tertiary/aromatic N) is 2. The lowest BCUT2D eigenvalue weighted by Crippen LogP contribution is -2.33. The Morgan fingerprint density at radius 2 is 2.05 bits per heavy atom. The van der Waals surface area contributed by atoms with Crippen LogP contribution in [0.3, 0.4) is 0 Å². The summed E-state index contributed by atoms with van der Waals surface area (Å²) in [4.78, 5) is 0. The molecule has 1 aliphatic carbocycles. The molecule has 0 aromatic carbocycles. The molecule has 20 heavy (non-hydrogen) atoms. The maximum atomic E-state index is 4.83. The molecule has 3 heteroatoms. The summed E-state index contributed by atoms with van der Waals surface area (Å²) in [5.41, 5.74) is 1.26. The lowest BCUT2D eigenvalue weighted by molar-refractivity contribution is 0.326. The van der Waals surface area contributed by atoms with Crippen LogP contribution in [0.4, 0.5) is 0 Å². The van der Waals surface area contributed by atoms with Gasteiger partial charge in [0.25, 0.3) is 0 Å². The Bertz CT molecular complexity index is 379. The molecular formula is C17H31N3. The van der Waals surface area contributed by atoms with Crippen LogP contribution in [-0.4, -0.2) is 22.4 Å². The third-order valence-corrected chi connectivity index (χ3v) is 4.71. The zero-order valence-corrected chi connectivity index (χ0v) is 13.4. The van der Waals surface area contributed by atoms with Crippen molar-refractivity contribution >= 4 is 0 Å². The van der Waals surface area contributed by atoms with Crippen LogP contribution < -0.4 is 5.32 Å². The van der Waals surface area contributed by atoms with E-state index in [9.17, 15) is 0 Å². The molecule has 1 aliphatic rings. The predicted octanol–water partition coefficient (Wildman–Crippen LogP) is 3.96. The van der Waals surface area contributed by atoms with Crippen molar-refractivity contribution in [3.8, 4) is 0 Å². The van der Waals surface area contributed by atoms with Gasteiger partial charge in [-0.05, 0) is 51.1 Å². The molecule has 0 bridgehead atoms. The van der Waals surface area contributed by atoms with Gasteiger partial charge in [0.15, 0.2) is 0 Å². The first kappa shape index (κ1) is 15.6. The van der Waals surface area contributed by atoms with Crippen LogP contribution in [0.25, 0.3) is 0 Å². The summed E-state index contributed by atoms with van der Waals surface area (Å²) in [6.45, 7) is 7.95. The van der Waals surface area contributed by atoms with E-state index in [2.05, 4.69) is 43.0 Å². The predicted molar refractivity (Wildman–Crippen MR) is 85.0 cm³/mol. The summed E-state index contributed by atoms with van der Waals surface area (Å²) in [5, 5.41) is 8.41. The quantitative estimate of drug-likeness (QED) is 0.817.